The summed E-state index contributed by atoms with van der Waals surface area (Å²) >= 11 is 6.84. The van der Waals surface area contributed by atoms with Gasteiger partial charge < -0.3 is 4.74 Å². The van der Waals surface area contributed by atoms with Gasteiger partial charge in [0.1, 0.15) is 5.75 Å². The summed E-state index contributed by atoms with van der Waals surface area (Å²) in [5.41, 5.74) is 1.29. The van der Waals surface area contributed by atoms with Crippen LogP contribution in [0.4, 0.5) is 10.5 Å². The molecule has 1 heterocycles. The van der Waals surface area contributed by atoms with Crippen LogP contribution in [0, 0.1) is 0 Å². The molecule has 1 saturated heterocycles. The summed E-state index contributed by atoms with van der Waals surface area (Å²) in [5, 5.41) is 2.20. The van der Waals surface area contributed by atoms with E-state index in [-0.39, 0.29) is 17.3 Å². The summed E-state index contributed by atoms with van der Waals surface area (Å²) in [4.78, 5) is 27.1. The van der Waals surface area contributed by atoms with Crippen LogP contribution in [-0.4, -0.2) is 17.3 Å². The number of halogens is 1. The third-order valence-electron chi connectivity index (χ3n) is 4.45. The Morgan fingerprint density at radius 2 is 1.72 bits per heavy atom. The molecule has 1 aliphatic rings. The molecule has 4 rings (SSSR count). The number of ether oxygens (including phenoxy) is 1. The highest BCUT2D eigenvalue weighted by Crippen LogP contribution is 2.39. The van der Waals surface area contributed by atoms with Crippen molar-refractivity contribution in [3.8, 4) is 5.75 Å². The Morgan fingerprint density at radius 3 is 2.45 bits per heavy atom. The Balaban J connectivity index is 1.80. The van der Waals surface area contributed by atoms with Gasteiger partial charge in [0.2, 0.25) is 0 Å². The van der Waals surface area contributed by atoms with E-state index in [1.807, 2.05) is 50.2 Å². The number of carbonyl (C=O) groups is 2. The van der Waals surface area contributed by atoms with E-state index in [9.17, 15) is 9.59 Å². The molecular formula is C23H18ClNO3S. The molecule has 0 spiro atoms. The van der Waals surface area contributed by atoms with Gasteiger partial charge >= 0.3 is 0 Å². The molecule has 0 saturated carbocycles. The van der Waals surface area contributed by atoms with Gasteiger partial charge in [-0.3, -0.25) is 9.59 Å². The molecular weight excluding hydrogens is 406 g/mol. The van der Waals surface area contributed by atoms with Gasteiger partial charge in [-0.1, -0.05) is 41.9 Å². The first-order valence-electron chi connectivity index (χ1n) is 9.16. The molecule has 3 aromatic rings. The normalized spacial score (nSPS) is 15.7. The van der Waals surface area contributed by atoms with E-state index in [4.69, 9.17) is 16.3 Å². The van der Waals surface area contributed by atoms with E-state index < -0.39 is 0 Å². The summed E-state index contributed by atoms with van der Waals surface area (Å²) in [6.45, 7) is 3.90. The first-order chi connectivity index (χ1) is 13.9. The highest BCUT2D eigenvalue weighted by Gasteiger charge is 2.36. The maximum absolute atomic E-state index is 13.0. The van der Waals surface area contributed by atoms with Gasteiger partial charge in [0.15, 0.2) is 0 Å². The van der Waals surface area contributed by atoms with E-state index in [1.165, 1.54) is 4.90 Å². The second-order valence-corrected chi connectivity index (χ2v) is 8.29. The average molecular weight is 424 g/mol. The minimum Gasteiger partial charge on any atom is -0.490 e. The van der Waals surface area contributed by atoms with Crippen LogP contribution in [-0.2, 0) is 4.79 Å². The zero-order valence-electron chi connectivity index (χ0n) is 15.9. The predicted molar refractivity (Wildman–Crippen MR) is 120 cm³/mol. The number of hydrogen-bond donors (Lipinski definition) is 0. The van der Waals surface area contributed by atoms with Crippen molar-refractivity contribution < 1.29 is 14.3 Å². The number of thioether (sulfide) groups is 1. The van der Waals surface area contributed by atoms with Gasteiger partial charge in [-0.05, 0) is 72.8 Å². The fourth-order valence-electron chi connectivity index (χ4n) is 3.19. The molecule has 146 valence electrons. The van der Waals surface area contributed by atoms with E-state index in [1.54, 1.807) is 30.3 Å². The number of carbonyl (C=O) groups excluding carboxylic acids is 2. The van der Waals surface area contributed by atoms with Crippen LogP contribution >= 0.6 is 23.4 Å². The van der Waals surface area contributed by atoms with E-state index in [0.29, 0.717) is 21.4 Å². The number of amides is 2. The molecule has 0 atom stereocenters. The Labute approximate surface area is 178 Å². The number of anilines is 1. The fraction of sp³-hybridized carbons (Fsp3) is 0.130. The summed E-state index contributed by atoms with van der Waals surface area (Å²) in [6.07, 6.45) is 1.73. The summed E-state index contributed by atoms with van der Waals surface area (Å²) < 4.78 is 5.97. The van der Waals surface area contributed by atoms with Gasteiger partial charge in [-0.2, -0.15) is 0 Å². The van der Waals surface area contributed by atoms with Gasteiger partial charge in [0.05, 0.1) is 16.7 Å². The molecule has 1 aliphatic heterocycles. The largest absolute Gasteiger partial charge is 0.490 e. The maximum atomic E-state index is 13.0. The number of benzene rings is 3. The zero-order valence-corrected chi connectivity index (χ0v) is 17.5. The molecule has 29 heavy (non-hydrogen) atoms. The number of fused-ring (bicyclic) bond motifs is 1. The van der Waals surface area contributed by atoms with E-state index >= 15 is 0 Å². The monoisotopic (exact) mass is 423 g/mol. The van der Waals surface area contributed by atoms with Gasteiger partial charge in [0, 0.05) is 10.6 Å². The summed E-state index contributed by atoms with van der Waals surface area (Å²) in [5.74, 6) is 0.322. The van der Waals surface area contributed by atoms with Crippen molar-refractivity contribution >= 4 is 57.0 Å². The lowest BCUT2D eigenvalue weighted by atomic mass is 10.0. The second-order valence-electron chi connectivity index (χ2n) is 6.86. The molecule has 0 aromatic heterocycles. The van der Waals surface area contributed by atoms with Crippen molar-refractivity contribution in [2.75, 3.05) is 4.90 Å². The molecule has 4 nitrogen and oxygen atoms in total. The van der Waals surface area contributed by atoms with Crippen LogP contribution in [0.15, 0.2) is 65.6 Å². The fourth-order valence-corrected chi connectivity index (χ4v) is 4.14. The van der Waals surface area contributed by atoms with E-state index in [2.05, 4.69) is 0 Å². The Hall–Kier alpha value is -2.76. The Morgan fingerprint density at radius 1 is 1.00 bits per heavy atom. The maximum Gasteiger partial charge on any atom is 0.298 e. The highest BCUT2D eigenvalue weighted by atomic mass is 35.5. The van der Waals surface area contributed by atoms with Crippen LogP contribution in [0.5, 0.6) is 5.75 Å². The summed E-state index contributed by atoms with van der Waals surface area (Å²) in [7, 11) is 0. The second kappa shape index (κ2) is 7.93. The topological polar surface area (TPSA) is 46.6 Å². The molecule has 3 aromatic carbocycles. The molecule has 0 bridgehead atoms. The van der Waals surface area contributed by atoms with Crippen LogP contribution in [0.25, 0.3) is 16.8 Å². The van der Waals surface area contributed by atoms with Crippen molar-refractivity contribution in [2.45, 2.75) is 20.0 Å². The number of rotatable bonds is 4. The first-order valence-corrected chi connectivity index (χ1v) is 10.4. The quantitative estimate of drug-likeness (QED) is 0.448. The van der Waals surface area contributed by atoms with Crippen molar-refractivity contribution in [1.82, 2.24) is 0 Å². The van der Waals surface area contributed by atoms with Crippen LogP contribution < -0.4 is 9.64 Å². The molecule has 6 heteroatoms. The van der Waals surface area contributed by atoms with Crippen molar-refractivity contribution in [2.24, 2.45) is 0 Å². The number of hydrogen-bond acceptors (Lipinski definition) is 4. The van der Waals surface area contributed by atoms with Crippen LogP contribution in [0.3, 0.4) is 0 Å². The molecule has 2 amide bonds. The summed E-state index contributed by atoms with van der Waals surface area (Å²) in [6, 6.07) is 18.4. The highest BCUT2D eigenvalue weighted by molar-refractivity contribution is 8.19. The average Bonchev–Trinajstić information content (AvgIpc) is 2.97. The molecule has 0 radical (unpaired) electrons. The van der Waals surface area contributed by atoms with Gasteiger partial charge in [0.25, 0.3) is 11.1 Å². The Kier molecular flexibility index (Phi) is 5.35. The number of imide groups is 1. The minimum atomic E-state index is -0.356. The molecule has 0 aliphatic carbocycles. The zero-order chi connectivity index (χ0) is 20.5. The number of nitrogens with zero attached hydrogens (tertiary/aromatic N) is 1. The molecule has 0 N–H and O–H groups in total. The first kappa shape index (κ1) is 19.6. The Bertz CT molecular complexity index is 1140. The smallest absolute Gasteiger partial charge is 0.298 e. The van der Waals surface area contributed by atoms with E-state index in [0.717, 1.165) is 28.1 Å². The van der Waals surface area contributed by atoms with Crippen molar-refractivity contribution in [3.63, 3.8) is 0 Å². The lowest BCUT2D eigenvalue weighted by molar-refractivity contribution is -0.113. The lowest BCUT2D eigenvalue weighted by Crippen LogP contribution is -2.27. The third-order valence-corrected chi connectivity index (χ3v) is 5.57. The third kappa shape index (κ3) is 3.88. The van der Waals surface area contributed by atoms with Gasteiger partial charge in [-0.25, -0.2) is 4.90 Å². The van der Waals surface area contributed by atoms with Gasteiger partial charge in [-0.15, -0.1) is 0 Å². The van der Waals surface area contributed by atoms with Crippen LogP contribution in [0.1, 0.15) is 19.4 Å². The minimum absolute atomic E-state index is 0.0209. The molecule has 0 unspecified atom stereocenters. The standard InChI is InChI=1S/C23H18ClNO3S/c1-14(2)28-20-12-7-15-5-3-4-6-18(15)19(20)13-21-22(26)25(23(27)29-21)17-10-8-16(24)9-11-17/h3-14H,1-2H3/b21-13-. The predicted octanol–water partition coefficient (Wildman–Crippen LogP) is 6.52. The lowest BCUT2D eigenvalue weighted by Gasteiger charge is -2.15. The van der Waals surface area contributed by atoms with Crippen molar-refractivity contribution in [3.05, 3.63) is 76.2 Å². The van der Waals surface area contributed by atoms with Crippen molar-refractivity contribution in [1.29, 1.82) is 0 Å². The molecule has 1 fully saturated rings. The van der Waals surface area contributed by atoms with Crippen LogP contribution in [0.2, 0.25) is 5.02 Å². The SMILES string of the molecule is CC(C)Oc1ccc2ccccc2c1/C=C1\SC(=O)N(c2ccc(Cl)cc2)C1=O.